The Bertz CT molecular complexity index is 1410. The summed E-state index contributed by atoms with van der Waals surface area (Å²) >= 11 is 0. The van der Waals surface area contributed by atoms with Crippen LogP contribution in [-0.2, 0) is 4.79 Å². The van der Waals surface area contributed by atoms with Crippen molar-refractivity contribution in [2.24, 2.45) is 0 Å². The van der Waals surface area contributed by atoms with Gasteiger partial charge >= 0.3 is 0 Å². The molecule has 0 radical (unpaired) electrons. The number of pyridine rings is 1. The van der Waals surface area contributed by atoms with E-state index in [2.05, 4.69) is 42.0 Å². The van der Waals surface area contributed by atoms with E-state index in [1.54, 1.807) is 42.9 Å². The van der Waals surface area contributed by atoms with Gasteiger partial charge in [-0.25, -0.2) is 9.97 Å². The van der Waals surface area contributed by atoms with Crippen molar-refractivity contribution in [3.63, 3.8) is 0 Å². The fourth-order valence-electron chi connectivity index (χ4n) is 3.21. The van der Waals surface area contributed by atoms with Gasteiger partial charge in [0.05, 0.1) is 18.1 Å². The van der Waals surface area contributed by atoms with Gasteiger partial charge in [0.25, 0.3) is 0 Å². The summed E-state index contributed by atoms with van der Waals surface area (Å²) in [4.78, 5) is 28.2. The van der Waals surface area contributed by atoms with E-state index >= 15 is 0 Å². The van der Waals surface area contributed by atoms with Gasteiger partial charge in [0.2, 0.25) is 11.8 Å². The first-order valence-electron chi connectivity index (χ1n) is 9.70. The molecule has 0 atom stereocenters. The molecule has 1 amide bonds. The van der Waals surface area contributed by atoms with E-state index in [-0.39, 0.29) is 5.91 Å². The Kier molecular flexibility index (Phi) is 4.89. The van der Waals surface area contributed by atoms with Crippen LogP contribution in [0.4, 0.5) is 5.69 Å². The molecule has 0 spiro atoms. The summed E-state index contributed by atoms with van der Waals surface area (Å²) < 4.78 is 5.88. The van der Waals surface area contributed by atoms with Crippen LogP contribution in [-0.4, -0.2) is 36.0 Å². The molecule has 5 aromatic rings. The number of aromatic nitrogens is 6. The van der Waals surface area contributed by atoms with Gasteiger partial charge in [-0.1, -0.05) is 18.7 Å². The highest BCUT2D eigenvalue weighted by Crippen LogP contribution is 2.30. The van der Waals surface area contributed by atoms with Crippen molar-refractivity contribution in [1.29, 1.82) is 0 Å². The van der Waals surface area contributed by atoms with Crippen LogP contribution in [0.5, 0.6) is 11.6 Å². The smallest absolute Gasteiger partial charge is 0.247 e. The molecule has 0 fully saturated rings. The number of carbonyl (C=O) groups is 1. The predicted molar refractivity (Wildman–Crippen MR) is 120 cm³/mol. The highest BCUT2D eigenvalue weighted by molar-refractivity contribution is 5.99. The maximum Gasteiger partial charge on any atom is 0.247 e. The molecule has 9 heteroatoms. The van der Waals surface area contributed by atoms with Gasteiger partial charge in [0.15, 0.2) is 5.65 Å². The standard InChI is InChI=1S/C23H17N7O2/c1-2-20(31)29-16-4-3-5-17(8-16)32-21-13-26-23-22(30-21)18(12-25-23)14-6-7-19(24-9-14)15-10-27-28-11-15/h2-13H,1H2,(H,25,26)(H,27,28)(H,29,31). The van der Waals surface area contributed by atoms with Gasteiger partial charge in [0, 0.05) is 47.0 Å². The van der Waals surface area contributed by atoms with Crippen LogP contribution in [0, 0.1) is 0 Å². The molecule has 32 heavy (non-hydrogen) atoms. The number of hydrogen-bond donors (Lipinski definition) is 3. The van der Waals surface area contributed by atoms with Crippen LogP contribution in [0.3, 0.4) is 0 Å². The lowest BCUT2D eigenvalue weighted by molar-refractivity contribution is -0.111. The normalized spacial score (nSPS) is 10.8. The summed E-state index contributed by atoms with van der Waals surface area (Å²) in [7, 11) is 0. The summed E-state index contributed by atoms with van der Waals surface area (Å²) in [5, 5.41) is 9.43. The minimum Gasteiger partial charge on any atom is -0.437 e. The van der Waals surface area contributed by atoms with Crippen molar-refractivity contribution in [3.05, 3.63) is 80.0 Å². The molecule has 0 aliphatic rings. The second kappa shape index (κ2) is 8.15. The highest BCUT2D eigenvalue weighted by atomic mass is 16.5. The zero-order valence-corrected chi connectivity index (χ0v) is 16.7. The number of ether oxygens (including phenoxy) is 1. The van der Waals surface area contributed by atoms with Crippen molar-refractivity contribution in [2.75, 3.05) is 5.32 Å². The van der Waals surface area contributed by atoms with Crippen LogP contribution >= 0.6 is 0 Å². The second-order valence-corrected chi connectivity index (χ2v) is 6.85. The van der Waals surface area contributed by atoms with Gasteiger partial charge in [0.1, 0.15) is 11.3 Å². The summed E-state index contributed by atoms with van der Waals surface area (Å²) in [5.41, 5.74) is 5.38. The Morgan fingerprint density at radius 2 is 2.00 bits per heavy atom. The molecule has 156 valence electrons. The van der Waals surface area contributed by atoms with E-state index in [1.807, 2.05) is 18.3 Å². The third-order valence-corrected chi connectivity index (χ3v) is 4.74. The van der Waals surface area contributed by atoms with Crippen LogP contribution in [0.2, 0.25) is 0 Å². The summed E-state index contributed by atoms with van der Waals surface area (Å²) in [5.74, 6) is 0.546. The Balaban J connectivity index is 1.42. The molecule has 4 heterocycles. The summed E-state index contributed by atoms with van der Waals surface area (Å²) in [6.07, 6.45) is 9.89. The van der Waals surface area contributed by atoms with Crippen molar-refractivity contribution < 1.29 is 9.53 Å². The molecule has 5 rings (SSSR count). The van der Waals surface area contributed by atoms with Gasteiger partial charge in [-0.3, -0.25) is 14.9 Å². The SMILES string of the molecule is C=CC(=O)Nc1cccc(Oc2cnc3[nH]cc(-c4ccc(-c5cn[nH]c5)nc4)c3n2)c1. The molecule has 4 aromatic heterocycles. The number of nitrogens with zero attached hydrogens (tertiary/aromatic N) is 4. The third kappa shape index (κ3) is 3.82. The van der Waals surface area contributed by atoms with Gasteiger partial charge in [-0.2, -0.15) is 5.10 Å². The van der Waals surface area contributed by atoms with E-state index < -0.39 is 0 Å². The zero-order valence-electron chi connectivity index (χ0n) is 16.7. The average molecular weight is 423 g/mol. The van der Waals surface area contributed by atoms with Gasteiger partial charge < -0.3 is 15.0 Å². The van der Waals surface area contributed by atoms with E-state index in [4.69, 9.17) is 4.74 Å². The van der Waals surface area contributed by atoms with Crippen LogP contribution in [0.25, 0.3) is 33.5 Å². The van der Waals surface area contributed by atoms with Crippen LogP contribution in [0.1, 0.15) is 0 Å². The van der Waals surface area contributed by atoms with Crippen molar-refractivity contribution >= 4 is 22.8 Å². The molecule has 1 aromatic carbocycles. The Hall–Kier alpha value is -4.79. The number of fused-ring (bicyclic) bond motifs is 1. The fraction of sp³-hybridized carbons (Fsp3) is 0. The third-order valence-electron chi connectivity index (χ3n) is 4.74. The molecule has 9 nitrogen and oxygen atoms in total. The minimum absolute atomic E-state index is 0.298. The predicted octanol–water partition coefficient (Wildman–Crippen LogP) is 4.33. The number of nitrogens with one attached hydrogen (secondary N) is 3. The topological polar surface area (TPSA) is 121 Å². The number of anilines is 1. The molecular weight excluding hydrogens is 406 g/mol. The van der Waals surface area contributed by atoms with Gasteiger partial charge in [-0.15, -0.1) is 0 Å². The number of carbonyl (C=O) groups excluding carboxylic acids is 1. The molecule has 0 bridgehead atoms. The van der Waals surface area contributed by atoms with Crippen LogP contribution < -0.4 is 10.1 Å². The second-order valence-electron chi connectivity index (χ2n) is 6.85. The maximum absolute atomic E-state index is 11.5. The summed E-state index contributed by atoms with van der Waals surface area (Å²) in [6.45, 7) is 3.45. The minimum atomic E-state index is -0.298. The van der Waals surface area contributed by atoms with E-state index in [0.717, 1.165) is 22.4 Å². The molecule has 0 unspecified atom stereocenters. The number of rotatable bonds is 6. The lowest BCUT2D eigenvalue weighted by Gasteiger charge is -2.07. The number of benzene rings is 1. The maximum atomic E-state index is 11.5. The van der Waals surface area contributed by atoms with E-state index in [9.17, 15) is 4.79 Å². The molecule has 3 N–H and O–H groups in total. The Labute approximate surface area is 182 Å². The first kappa shape index (κ1) is 19.2. The molecule has 0 saturated carbocycles. The summed E-state index contributed by atoms with van der Waals surface area (Å²) in [6, 6.07) is 10.9. The van der Waals surface area contributed by atoms with Crippen molar-refractivity contribution in [1.82, 2.24) is 30.1 Å². The number of H-pyrrole nitrogens is 2. The quantitative estimate of drug-likeness (QED) is 0.350. The average Bonchev–Trinajstić information content (AvgIpc) is 3.50. The van der Waals surface area contributed by atoms with Crippen molar-refractivity contribution in [2.45, 2.75) is 0 Å². The zero-order chi connectivity index (χ0) is 21.9. The largest absolute Gasteiger partial charge is 0.437 e. The number of amides is 1. The lowest BCUT2D eigenvalue weighted by atomic mass is 10.1. The lowest BCUT2D eigenvalue weighted by Crippen LogP contribution is -2.07. The molecule has 0 aliphatic heterocycles. The molecule has 0 saturated heterocycles. The van der Waals surface area contributed by atoms with E-state index in [1.165, 1.54) is 12.3 Å². The first-order valence-corrected chi connectivity index (χ1v) is 9.70. The monoisotopic (exact) mass is 423 g/mol. The highest BCUT2D eigenvalue weighted by Gasteiger charge is 2.12. The Morgan fingerprint density at radius 1 is 1.06 bits per heavy atom. The van der Waals surface area contributed by atoms with Crippen LogP contribution in [0.15, 0.2) is 80.0 Å². The molecule has 0 aliphatic carbocycles. The van der Waals surface area contributed by atoms with E-state index in [0.29, 0.717) is 28.5 Å². The number of aromatic amines is 2. The fourth-order valence-corrected chi connectivity index (χ4v) is 3.21. The van der Waals surface area contributed by atoms with Crippen molar-refractivity contribution in [3.8, 4) is 34.0 Å². The molecular formula is C23H17N7O2. The number of hydrogen-bond acceptors (Lipinski definition) is 6. The first-order chi connectivity index (χ1) is 15.7. The Morgan fingerprint density at radius 3 is 2.78 bits per heavy atom. The van der Waals surface area contributed by atoms with Gasteiger partial charge in [-0.05, 0) is 24.3 Å².